The topological polar surface area (TPSA) is 49.3 Å². The zero-order chi connectivity index (χ0) is 13.7. The predicted molar refractivity (Wildman–Crippen MR) is 81.7 cm³/mol. The Labute approximate surface area is 122 Å². The maximum absolute atomic E-state index is 11.7. The second kappa shape index (κ2) is 7.31. The van der Waals surface area contributed by atoms with Gasteiger partial charge in [-0.25, -0.2) is 0 Å². The fourth-order valence-electron chi connectivity index (χ4n) is 2.33. The SMILES string of the molecule is Cc1ccsc1[C@H](O)CNC(=O)CSC1CCCC1. The summed E-state index contributed by atoms with van der Waals surface area (Å²) < 4.78 is 0. The van der Waals surface area contributed by atoms with Gasteiger partial charge < -0.3 is 10.4 Å². The summed E-state index contributed by atoms with van der Waals surface area (Å²) in [5.74, 6) is 0.547. The Hall–Kier alpha value is -0.520. The van der Waals surface area contributed by atoms with E-state index < -0.39 is 6.10 Å². The highest BCUT2D eigenvalue weighted by Crippen LogP contribution is 2.29. The number of hydrogen-bond donors (Lipinski definition) is 2. The van der Waals surface area contributed by atoms with Gasteiger partial charge >= 0.3 is 0 Å². The number of hydrogen-bond acceptors (Lipinski definition) is 4. The van der Waals surface area contributed by atoms with Crippen molar-refractivity contribution in [2.75, 3.05) is 12.3 Å². The van der Waals surface area contributed by atoms with E-state index in [1.165, 1.54) is 37.0 Å². The first-order chi connectivity index (χ1) is 9.16. The van der Waals surface area contributed by atoms with E-state index in [0.717, 1.165) is 10.4 Å². The second-order valence-electron chi connectivity index (χ2n) is 5.01. The van der Waals surface area contributed by atoms with Crippen molar-refractivity contribution in [1.82, 2.24) is 5.32 Å². The van der Waals surface area contributed by atoms with Gasteiger partial charge in [0, 0.05) is 16.7 Å². The summed E-state index contributed by atoms with van der Waals surface area (Å²) in [6.45, 7) is 2.29. The van der Waals surface area contributed by atoms with Gasteiger partial charge in [-0.2, -0.15) is 0 Å². The Morgan fingerprint density at radius 3 is 2.95 bits per heavy atom. The number of carbonyl (C=O) groups is 1. The quantitative estimate of drug-likeness (QED) is 0.849. The molecule has 0 aliphatic heterocycles. The minimum atomic E-state index is -0.583. The molecule has 0 radical (unpaired) electrons. The molecule has 1 atom stereocenters. The first-order valence-electron chi connectivity index (χ1n) is 6.77. The Morgan fingerprint density at radius 1 is 1.58 bits per heavy atom. The lowest BCUT2D eigenvalue weighted by Crippen LogP contribution is -2.30. The summed E-state index contributed by atoms with van der Waals surface area (Å²) in [6.07, 6.45) is 4.51. The zero-order valence-corrected chi connectivity index (χ0v) is 12.9. The molecule has 1 aliphatic rings. The van der Waals surface area contributed by atoms with Gasteiger partial charge in [0.25, 0.3) is 0 Å². The number of thiophene rings is 1. The van der Waals surface area contributed by atoms with Gasteiger partial charge in [0.05, 0.1) is 5.75 Å². The third kappa shape index (κ3) is 4.51. The standard InChI is InChI=1S/C14H21NO2S2/c1-10-6-7-18-14(10)12(16)8-15-13(17)9-19-11-4-2-3-5-11/h6-7,11-12,16H,2-5,8-9H2,1H3,(H,15,17)/t12-/m1/s1. The van der Waals surface area contributed by atoms with Crippen molar-refractivity contribution in [3.05, 3.63) is 21.9 Å². The van der Waals surface area contributed by atoms with Crippen molar-refractivity contribution in [3.8, 4) is 0 Å². The molecule has 0 bridgehead atoms. The molecule has 0 unspecified atom stereocenters. The van der Waals surface area contributed by atoms with Gasteiger partial charge in [-0.1, -0.05) is 12.8 Å². The van der Waals surface area contributed by atoms with Crippen molar-refractivity contribution in [2.45, 2.75) is 44.0 Å². The lowest BCUT2D eigenvalue weighted by atomic mass is 10.2. The maximum atomic E-state index is 11.7. The number of nitrogens with one attached hydrogen (secondary N) is 1. The molecule has 3 nitrogen and oxygen atoms in total. The molecule has 1 saturated carbocycles. The smallest absolute Gasteiger partial charge is 0.230 e. The highest BCUT2D eigenvalue weighted by Gasteiger charge is 2.17. The van der Waals surface area contributed by atoms with Crippen LogP contribution in [-0.4, -0.2) is 28.6 Å². The van der Waals surface area contributed by atoms with E-state index in [1.807, 2.05) is 18.4 Å². The number of carbonyl (C=O) groups excluding carboxylic acids is 1. The van der Waals surface area contributed by atoms with Crippen LogP contribution in [0.25, 0.3) is 0 Å². The minimum Gasteiger partial charge on any atom is -0.386 e. The highest BCUT2D eigenvalue weighted by molar-refractivity contribution is 8.00. The Bertz CT molecular complexity index is 413. The normalized spacial score (nSPS) is 17.6. The lowest BCUT2D eigenvalue weighted by molar-refractivity contribution is -0.119. The Kier molecular flexibility index (Phi) is 5.73. The molecule has 19 heavy (non-hydrogen) atoms. The monoisotopic (exact) mass is 299 g/mol. The Balaban J connectivity index is 1.67. The molecule has 1 aromatic heterocycles. The van der Waals surface area contributed by atoms with Crippen molar-refractivity contribution in [3.63, 3.8) is 0 Å². The second-order valence-corrected chi connectivity index (χ2v) is 7.24. The van der Waals surface area contributed by atoms with E-state index in [-0.39, 0.29) is 5.91 Å². The molecule has 0 spiro atoms. The van der Waals surface area contributed by atoms with Crippen LogP contribution in [-0.2, 0) is 4.79 Å². The van der Waals surface area contributed by atoms with Crippen LogP contribution in [0.3, 0.4) is 0 Å². The Morgan fingerprint density at radius 2 is 2.32 bits per heavy atom. The number of rotatable bonds is 6. The van der Waals surface area contributed by atoms with E-state index in [1.54, 1.807) is 11.8 Å². The first kappa shape index (κ1) is 14.9. The van der Waals surface area contributed by atoms with Crippen molar-refractivity contribution < 1.29 is 9.90 Å². The van der Waals surface area contributed by atoms with Gasteiger partial charge in [0.2, 0.25) is 5.91 Å². The van der Waals surface area contributed by atoms with Gasteiger partial charge in [0.15, 0.2) is 0 Å². The molecule has 2 N–H and O–H groups in total. The summed E-state index contributed by atoms with van der Waals surface area (Å²) >= 11 is 3.29. The van der Waals surface area contributed by atoms with Crippen LogP contribution in [0.1, 0.15) is 42.2 Å². The molecular formula is C14H21NO2S2. The molecule has 1 heterocycles. The summed E-state index contributed by atoms with van der Waals surface area (Å²) in [5.41, 5.74) is 1.09. The molecule has 1 fully saturated rings. The molecule has 0 aromatic carbocycles. The van der Waals surface area contributed by atoms with Crippen molar-refractivity contribution in [1.29, 1.82) is 0 Å². The summed E-state index contributed by atoms with van der Waals surface area (Å²) in [6, 6.07) is 1.99. The van der Waals surface area contributed by atoms with Crippen LogP contribution in [0.2, 0.25) is 0 Å². The fourth-order valence-corrected chi connectivity index (χ4v) is 4.40. The van der Waals surface area contributed by atoms with Crippen molar-refractivity contribution in [2.24, 2.45) is 0 Å². The molecule has 2 rings (SSSR count). The average Bonchev–Trinajstić information content (AvgIpc) is 3.04. The van der Waals surface area contributed by atoms with Crippen LogP contribution in [0.4, 0.5) is 0 Å². The molecule has 1 amide bonds. The molecule has 0 saturated heterocycles. The van der Waals surface area contributed by atoms with E-state index in [9.17, 15) is 9.90 Å². The molecule has 1 aromatic rings. The van der Waals surface area contributed by atoms with Gasteiger partial charge in [0.1, 0.15) is 6.10 Å². The van der Waals surface area contributed by atoms with Crippen LogP contribution in [0, 0.1) is 6.92 Å². The summed E-state index contributed by atoms with van der Waals surface area (Å²) in [5, 5.41) is 15.5. The predicted octanol–water partition coefficient (Wildman–Crippen LogP) is 2.88. The number of amides is 1. The van der Waals surface area contributed by atoms with Crippen LogP contribution in [0.15, 0.2) is 11.4 Å². The third-order valence-electron chi connectivity index (χ3n) is 3.45. The largest absolute Gasteiger partial charge is 0.386 e. The third-order valence-corrected chi connectivity index (χ3v) is 5.94. The maximum Gasteiger partial charge on any atom is 0.230 e. The first-order valence-corrected chi connectivity index (χ1v) is 8.70. The lowest BCUT2D eigenvalue weighted by Gasteiger charge is -2.12. The number of thioether (sulfide) groups is 1. The van der Waals surface area contributed by atoms with Crippen molar-refractivity contribution >= 4 is 29.0 Å². The molecular weight excluding hydrogens is 278 g/mol. The van der Waals surface area contributed by atoms with Gasteiger partial charge in [-0.3, -0.25) is 4.79 Å². The van der Waals surface area contributed by atoms with Crippen LogP contribution in [0.5, 0.6) is 0 Å². The van der Waals surface area contributed by atoms with Crippen LogP contribution < -0.4 is 5.32 Å². The van der Waals surface area contributed by atoms with E-state index >= 15 is 0 Å². The molecule has 106 valence electrons. The van der Waals surface area contributed by atoms with Gasteiger partial charge in [-0.05, 0) is 36.8 Å². The van der Waals surface area contributed by atoms with Gasteiger partial charge in [-0.15, -0.1) is 23.1 Å². The van der Waals surface area contributed by atoms with E-state index in [0.29, 0.717) is 17.5 Å². The number of aliphatic hydroxyl groups excluding tert-OH is 1. The molecule has 5 heteroatoms. The van der Waals surface area contributed by atoms with E-state index in [2.05, 4.69) is 5.32 Å². The number of aryl methyl sites for hydroxylation is 1. The fraction of sp³-hybridized carbons (Fsp3) is 0.643. The highest BCUT2D eigenvalue weighted by atomic mass is 32.2. The minimum absolute atomic E-state index is 0.0326. The average molecular weight is 299 g/mol. The summed E-state index contributed by atoms with van der Waals surface area (Å²) in [4.78, 5) is 12.7. The zero-order valence-electron chi connectivity index (χ0n) is 11.2. The summed E-state index contributed by atoms with van der Waals surface area (Å²) in [7, 11) is 0. The van der Waals surface area contributed by atoms with Crippen LogP contribution >= 0.6 is 23.1 Å². The molecule has 1 aliphatic carbocycles. The number of aliphatic hydroxyl groups is 1. The van der Waals surface area contributed by atoms with E-state index in [4.69, 9.17) is 0 Å².